The molecule has 0 amide bonds. The molecule has 9 heteroatoms. The smallest absolute Gasteiger partial charge is 0.291 e. The normalized spacial score (nSPS) is 11.5. The number of hydrogen-bond acceptors (Lipinski definition) is 6. The number of methoxy groups -OCH3 is 1. The maximum atomic E-state index is 12.7. The highest BCUT2D eigenvalue weighted by Crippen LogP contribution is 2.28. The Kier molecular flexibility index (Phi) is 4.90. The van der Waals surface area contributed by atoms with Crippen molar-refractivity contribution < 1.29 is 17.9 Å². The van der Waals surface area contributed by atoms with Crippen molar-refractivity contribution in [1.82, 2.24) is 14.9 Å². The van der Waals surface area contributed by atoms with Gasteiger partial charge in [0, 0.05) is 5.56 Å². The van der Waals surface area contributed by atoms with Crippen LogP contribution in [0.1, 0.15) is 5.76 Å². The van der Waals surface area contributed by atoms with Crippen LogP contribution in [-0.2, 0) is 0 Å². The van der Waals surface area contributed by atoms with E-state index < -0.39 is 5.76 Å². The van der Waals surface area contributed by atoms with Gasteiger partial charge in [-0.2, -0.15) is 18.6 Å². The molecule has 2 heterocycles. The van der Waals surface area contributed by atoms with Crippen molar-refractivity contribution in [2.75, 3.05) is 7.11 Å². The number of ether oxygens (including phenoxy) is 1. The van der Waals surface area contributed by atoms with Crippen LogP contribution in [-0.4, -0.2) is 34.0 Å². The number of rotatable bonds is 6. The molecule has 0 N–H and O–H groups in total. The maximum Gasteiger partial charge on any atom is 0.291 e. The van der Waals surface area contributed by atoms with Gasteiger partial charge >= 0.3 is 0 Å². The third-order valence-electron chi connectivity index (χ3n) is 3.00. The predicted molar refractivity (Wildman–Crippen MR) is 85.6 cm³/mol. The molecule has 3 rings (SSSR count). The summed E-state index contributed by atoms with van der Waals surface area (Å²) in [5.41, 5.74) is 0.668. The molecule has 0 radical (unpaired) electrons. The highest BCUT2D eigenvalue weighted by Gasteiger charge is 2.18. The van der Waals surface area contributed by atoms with E-state index in [1.165, 1.54) is 17.2 Å². The van der Waals surface area contributed by atoms with Crippen LogP contribution in [0.2, 0.25) is 0 Å². The van der Waals surface area contributed by atoms with Gasteiger partial charge in [0.2, 0.25) is 5.16 Å². The van der Waals surface area contributed by atoms with E-state index in [2.05, 4.69) is 15.3 Å². The van der Waals surface area contributed by atoms with Crippen molar-refractivity contribution in [1.29, 1.82) is 0 Å². The molecule has 0 unspecified atom stereocenters. The van der Waals surface area contributed by atoms with Crippen molar-refractivity contribution in [2.45, 2.75) is 10.9 Å². The summed E-state index contributed by atoms with van der Waals surface area (Å²) in [5, 5.41) is 11.9. The molecule has 6 nitrogen and oxygen atoms in total. The zero-order valence-electron chi connectivity index (χ0n) is 12.5. The highest BCUT2D eigenvalue weighted by atomic mass is 32.2. The van der Waals surface area contributed by atoms with Crippen molar-refractivity contribution in [2.24, 2.45) is 5.10 Å². The summed E-state index contributed by atoms with van der Waals surface area (Å²) < 4.78 is 36.9. The molecular formula is C15H12F2N4O2S. The molecule has 0 aliphatic rings. The predicted octanol–water partition coefficient (Wildman–Crippen LogP) is 3.74. The molecule has 0 spiro atoms. The Labute approximate surface area is 140 Å². The molecule has 1 aromatic carbocycles. The minimum Gasteiger partial charge on any atom is -0.497 e. The van der Waals surface area contributed by atoms with Gasteiger partial charge in [0.05, 0.1) is 19.6 Å². The number of thioether (sulfide) groups is 1. The molecule has 124 valence electrons. The van der Waals surface area contributed by atoms with Crippen LogP contribution >= 0.6 is 11.8 Å². The van der Waals surface area contributed by atoms with Gasteiger partial charge < -0.3 is 9.15 Å². The van der Waals surface area contributed by atoms with Gasteiger partial charge in [-0.1, -0.05) is 0 Å². The summed E-state index contributed by atoms with van der Waals surface area (Å²) >= 11 is 0.272. The lowest BCUT2D eigenvalue weighted by Crippen LogP contribution is -1.98. The number of nitrogens with zero attached hydrogens (tertiary/aromatic N) is 4. The lowest BCUT2D eigenvalue weighted by molar-refractivity contribution is 0.251. The van der Waals surface area contributed by atoms with Crippen molar-refractivity contribution >= 4 is 18.0 Å². The molecule has 0 saturated carbocycles. The minimum atomic E-state index is -2.63. The van der Waals surface area contributed by atoms with Gasteiger partial charge in [-0.3, -0.25) is 0 Å². The average molecular weight is 350 g/mol. The van der Waals surface area contributed by atoms with Crippen LogP contribution in [0.5, 0.6) is 5.75 Å². The van der Waals surface area contributed by atoms with Crippen molar-refractivity contribution in [3.05, 3.63) is 48.4 Å². The third kappa shape index (κ3) is 3.62. The van der Waals surface area contributed by atoms with E-state index in [0.29, 0.717) is 22.9 Å². The van der Waals surface area contributed by atoms with Crippen LogP contribution in [0.15, 0.2) is 57.3 Å². The van der Waals surface area contributed by atoms with Gasteiger partial charge in [-0.15, -0.1) is 10.2 Å². The van der Waals surface area contributed by atoms with Crippen molar-refractivity contribution in [3.8, 4) is 17.1 Å². The van der Waals surface area contributed by atoms with Crippen LogP contribution in [0.4, 0.5) is 8.78 Å². The maximum absolute atomic E-state index is 12.7. The molecule has 3 aromatic rings. The van der Waals surface area contributed by atoms with Crippen LogP contribution < -0.4 is 4.74 Å². The Hall–Kier alpha value is -2.68. The summed E-state index contributed by atoms with van der Waals surface area (Å²) in [4.78, 5) is 0. The monoisotopic (exact) mass is 350 g/mol. The summed E-state index contributed by atoms with van der Waals surface area (Å²) in [7, 11) is 1.56. The topological polar surface area (TPSA) is 65.4 Å². The summed E-state index contributed by atoms with van der Waals surface area (Å²) in [5.74, 6) is -1.14. The van der Waals surface area contributed by atoms with Crippen LogP contribution in [0.25, 0.3) is 11.4 Å². The Bertz CT molecular complexity index is 817. The number of furan rings is 1. The van der Waals surface area contributed by atoms with Gasteiger partial charge in [0.1, 0.15) is 11.5 Å². The summed E-state index contributed by atoms with van der Waals surface area (Å²) in [6.45, 7) is 0. The number of alkyl halides is 2. The quantitative estimate of drug-likeness (QED) is 0.500. The first-order valence-corrected chi connectivity index (χ1v) is 7.68. The first-order chi connectivity index (χ1) is 11.7. The zero-order chi connectivity index (χ0) is 16.9. The Morgan fingerprint density at radius 1 is 1.25 bits per heavy atom. The Balaban J connectivity index is 1.99. The van der Waals surface area contributed by atoms with Gasteiger partial charge in [-0.05, 0) is 48.2 Å². The minimum absolute atomic E-state index is 0.0152. The van der Waals surface area contributed by atoms with Gasteiger partial charge in [0.25, 0.3) is 5.76 Å². The SMILES string of the molecule is COc1ccc(-c2nnc(SC(F)F)n2/N=C\c2ccco2)cc1. The second-order valence-electron chi connectivity index (χ2n) is 4.48. The fourth-order valence-electron chi connectivity index (χ4n) is 1.92. The van der Waals surface area contributed by atoms with E-state index in [0.717, 1.165) is 0 Å². The number of hydrogen-bond donors (Lipinski definition) is 0. The fourth-order valence-corrected chi connectivity index (χ4v) is 2.40. The molecule has 2 aromatic heterocycles. The molecule has 0 atom stereocenters. The number of benzene rings is 1. The van der Waals surface area contributed by atoms with Crippen molar-refractivity contribution in [3.63, 3.8) is 0 Å². The molecule has 24 heavy (non-hydrogen) atoms. The zero-order valence-corrected chi connectivity index (χ0v) is 13.3. The fraction of sp³-hybridized carbons (Fsp3) is 0.133. The first kappa shape index (κ1) is 16.2. The summed E-state index contributed by atoms with van der Waals surface area (Å²) in [6.07, 6.45) is 2.90. The van der Waals surface area contributed by atoms with E-state index in [4.69, 9.17) is 9.15 Å². The lowest BCUT2D eigenvalue weighted by atomic mass is 10.2. The van der Waals surface area contributed by atoms with E-state index in [1.54, 1.807) is 43.5 Å². The van der Waals surface area contributed by atoms with E-state index in [1.807, 2.05) is 0 Å². The van der Waals surface area contributed by atoms with E-state index in [9.17, 15) is 8.78 Å². The van der Waals surface area contributed by atoms with Gasteiger partial charge in [-0.25, -0.2) is 0 Å². The summed E-state index contributed by atoms with van der Waals surface area (Å²) in [6, 6.07) is 10.4. The first-order valence-electron chi connectivity index (χ1n) is 6.80. The molecule has 0 aliphatic heterocycles. The number of aromatic nitrogens is 3. The second kappa shape index (κ2) is 7.26. The third-order valence-corrected chi connectivity index (χ3v) is 3.64. The van der Waals surface area contributed by atoms with E-state index in [-0.39, 0.29) is 16.9 Å². The van der Waals surface area contributed by atoms with Gasteiger partial charge in [0.15, 0.2) is 5.82 Å². The molecule has 0 bridgehead atoms. The second-order valence-corrected chi connectivity index (χ2v) is 5.44. The Morgan fingerprint density at radius 3 is 2.67 bits per heavy atom. The standard InChI is InChI=1S/C15H12F2N4O2S/c1-22-11-6-4-10(5-7-11)13-19-20-15(24-14(16)17)21(13)18-9-12-3-2-8-23-12/h2-9,14H,1H3/b18-9-. The molecule has 0 saturated heterocycles. The average Bonchev–Trinajstić information content (AvgIpc) is 3.22. The van der Waals surface area contributed by atoms with Crippen LogP contribution in [0.3, 0.4) is 0 Å². The van der Waals surface area contributed by atoms with Crippen LogP contribution in [0, 0.1) is 0 Å². The molecule has 0 fully saturated rings. The largest absolute Gasteiger partial charge is 0.497 e. The molecular weight excluding hydrogens is 338 g/mol. The molecule has 0 aliphatic carbocycles. The lowest BCUT2D eigenvalue weighted by Gasteiger charge is -2.05. The number of halogens is 2. The Morgan fingerprint density at radius 2 is 2.04 bits per heavy atom. The van der Waals surface area contributed by atoms with E-state index >= 15 is 0 Å². The highest BCUT2D eigenvalue weighted by molar-refractivity contribution is 7.99.